The van der Waals surface area contributed by atoms with E-state index in [2.05, 4.69) is 4.98 Å². The first-order valence-electron chi connectivity index (χ1n) is 5.40. The lowest BCUT2D eigenvalue weighted by atomic mass is 10.0. The Labute approximate surface area is 96.4 Å². The standard InChI is InChI=1S/C11H16N2O2S/c1-16(14,15)13-6-4-11(9-13)7-10-3-2-5-12-8-10/h2-3,5,8,11H,4,6-7,9H2,1H3. The van der Waals surface area contributed by atoms with Crippen molar-refractivity contribution in [2.45, 2.75) is 12.8 Å². The molecule has 1 aliphatic heterocycles. The maximum Gasteiger partial charge on any atom is 0.211 e. The van der Waals surface area contributed by atoms with Crippen LogP contribution < -0.4 is 0 Å². The lowest BCUT2D eigenvalue weighted by molar-refractivity contribution is 0.460. The van der Waals surface area contributed by atoms with Crippen molar-refractivity contribution in [1.29, 1.82) is 0 Å². The first-order valence-corrected chi connectivity index (χ1v) is 7.24. The quantitative estimate of drug-likeness (QED) is 0.789. The van der Waals surface area contributed by atoms with E-state index in [0.717, 1.165) is 12.8 Å². The van der Waals surface area contributed by atoms with Crippen LogP contribution in [0.3, 0.4) is 0 Å². The van der Waals surface area contributed by atoms with Crippen LogP contribution in [0.25, 0.3) is 0 Å². The van der Waals surface area contributed by atoms with Gasteiger partial charge >= 0.3 is 0 Å². The van der Waals surface area contributed by atoms with Crippen LogP contribution in [0.4, 0.5) is 0 Å². The third-order valence-electron chi connectivity index (χ3n) is 2.96. The minimum absolute atomic E-state index is 0.430. The van der Waals surface area contributed by atoms with Gasteiger partial charge in [-0.15, -0.1) is 0 Å². The van der Waals surface area contributed by atoms with E-state index in [4.69, 9.17) is 0 Å². The fraction of sp³-hybridized carbons (Fsp3) is 0.545. The van der Waals surface area contributed by atoms with E-state index in [1.54, 1.807) is 10.5 Å². The molecule has 0 bridgehead atoms. The Morgan fingerprint density at radius 3 is 2.94 bits per heavy atom. The van der Waals surface area contributed by atoms with Crippen LogP contribution in [0.15, 0.2) is 24.5 Å². The summed E-state index contributed by atoms with van der Waals surface area (Å²) < 4.78 is 24.3. The molecule has 2 heterocycles. The second kappa shape index (κ2) is 4.51. The van der Waals surface area contributed by atoms with Gasteiger partial charge in [-0.05, 0) is 30.4 Å². The van der Waals surface area contributed by atoms with Crippen molar-refractivity contribution in [1.82, 2.24) is 9.29 Å². The average molecular weight is 240 g/mol. The summed E-state index contributed by atoms with van der Waals surface area (Å²) >= 11 is 0. The first-order chi connectivity index (χ1) is 7.55. The van der Waals surface area contributed by atoms with E-state index in [0.29, 0.717) is 19.0 Å². The van der Waals surface area contributed by atoms with Gasteiger partial charge in [-0.3, -0.25) is 4.98 Å². The SMILES string of the molecule is CS(=O)(=O)N1CCC(Cc2cccnc2)C1. The van der Waals surface area contributed by atoms with Crippen molar-refractivity contribution in [3.63, 3.8) is 0 Å². The van der Waals surface area contributed by atoms with Crippen molar-refractivity contribution in [2.75, 3.05) is 19.3 Å². The zero-order valence-corrected chi connectivity index (χ0v) is 10.2. The highest BCUT2D eigenvalue weighted by atomic mass is 32.2. The molecule has 1 aromatic heterocycles. The monoisotopic (exact) mass is 240 g/mol. The fourth-order valence-corrected chi connectivity index (χ4v) is 3.04. The highest BCUT2D eigenvalue weighted by molar-refractivity contribution is 7.88. The van der Waals surface area contributed by atoms with Crippen LogP contribution in [-0.4, -0.2) is 37.1 Å². The highest BCUT2D eigenvalue weighted by Gasteiger charge is 2.28. The molecule has 1 unspecified atom stereocenters. The first kappa shape index (κ1) is 11.5. The molecular formula is C11H16N2O2S. The molecule has 0 amide bonds. The van der Waals surface area contributed by atoms with Gasteiger partial charge in [0.25, 0.3) is 0 Å². The number of hydrogen-bond donors (Lipinski definition) is 0. The van der Waals surface area contributed by atoms with Crippen LogP contribution >= 0.6 is 0 Å². The van der Waals surface area contributed by atoms with Gasteiger partial charge in [-0.1, -0.05) is 6.07 Å². The molecule has 16 heavy (non-hydrogen) atoms. The molecule has 0 N–H and O–H groups in total. The summed E-state index contributed by atoms with van der Waals surface area (Å²) in [6, 6.07) is 3.95. The minimum atomic E-state index is -3.01. The number of hydrogen-bond acceptors (Lipinski definition) is 3. The van der Waals surface area contributed by atoms with E-state index < -0.39 is 10.0 Å². The molecule has 0 aliphatic carbocycles. The molecular weight excluding hydrogens is 224 g/mol. The van der Waals surface area contributed by atoms with Crippen molar-refractivity contribution >= 4 is 10.0 Å². The molecule has 1 aliphatic rings. The molecule has 1 atom stereocenters. The Hall–Kier alpha value is -0.940. The van der Waals surface area contributed by atoms with Gasteiger partial charge in [-0.2, -0.15) is 0 Å². The summed E-state index contributed by atoms with van der Waals surface area (Å²) in [4.78, 5) is 4.06. The zero-order chi connectivity index (χ0) is 11.6. The maximum absolute atomic E-state index is 11.3. The summed E-state index contributed by atoms with van der Waals surface area (Å²) in [7, 11) is -3.01. The Morgan fingerprint density at radius 1 is 1.56 bits per heavy atom. The van der Waals surface area contributed by atoms with Gasteiger partial charge in [0.1, 0.15) is 0 Å². The van der Waals surface area contributed by atoms with E-state index in [1.807, 2.05) is 18.3 Å². The molecule has 0 saturated carbocycles. The molecule has 0 spiro atoms. The molecule has 88 valence electrons. The molecule has 0 radical (unpaired) electrons. The average Bonchev–Trinajstić information content (AvgIpc) is 2.67. The summed E-state index contributed by atoms with van der Waals surface area (Å²) in [5, 5.41) is 0. The predicted octanol–water partition coefficient (Wildman–Crippen LogP) is 0.906. The second-order valence-electron chi connectivity index (χ2n) is 4.34. The lowest BCUT2D eigenvalue weighted by Crippen LogP contribution is -2.27. The van der Waals surface area contributed by atoms with E-state index in [1.165, 1.54) is 11.8 Å². The molecule has 4 nitrogen and oxygen atoms in total. The van der Waals surface area contributed by atoms with Crippen molar-refractivity contribution in [3.8, 4) is 0 Å². The Kier molecular flexibility index (Phi) is 3.25. The third kappa shape index (κ3) is 2.80. The fourth-order valence-electron chi connectivity index (χ4n) is 2.12. The molecule has 1 aromatic rings. The van der Waals surface area contributed by atoms with E-state index in [-0.39, 0.29) is 0 Å². The van der Waals surface area contributed by atoms with Gasteiger partial charge in [-0.25, -0.2) is 12.7 Å². The van der Waals surface area contributed by atoms with Gasteiger partial charge in [0, 0.05) is 25.5 Å². The number of nitrogens with zero attached hydrogens (tertiary/aromatic N) is 2. The second-order valence-corrected chi connectivity index (χ2v) is 6.32. The number of aromatic nitrogens is 1. The van der Waals surface area contributed by atoms with Crippen molar-refractivity contribution in [2.24, 2.45) is 5.92 Å². The summed E-state index contributed by atoms with van der Waals surface area (Å²) in [5.74, 6) is 0.430. The van der Waals surface area contributed by atoms with Gasteiger partial charge in [0.15, 0.2) is 0 Å². The molecule has 5 heteroatoms. The van der Waals surface area contributed by atoms with Crippen LogP contribution in [-0.2, 0) is 16.4 Å². The zero-order valence-electron chi connectivity index (χ0n) is 9.33. The van der Waals surface area contributed by atoms with E-state index in [9.17, 15) is 8.42 Å². The van der Waals surface area contributed by atoms with Gasteiger partial charge in [0.05, 0.1) is 6.26 Å². The third-order valence-corrected chi connectivity index (χ3v) is 4.23. The molecule has 0 aromatic carbocycles. The van der Waals surface area contributed by atoms with Gasteiger partial charge < -0.3 is 0 Å². The van der Waals surface area contributed by atoms with Crippen LogP contribution in [0, 0.1) is 5.92 Å². The normalized spacial score (nSPS) is 22.4. The topological polar surface area (TPSA) is 50.3 Å². The lowest BCUT2D eigenvalue weighted by Gasteiger charge is -2.13. The summed E-state index contributed by atoms with van der Waals surface area (Å²) in [6.07, 6.45) is 6.74. The van der Waals surface area contributed by atoms with E-state index >= 15 is 0 Å². The maximum atomic E-state index is 11.3. The predicted molar refractivity (Wildman–Crippen MR) is 62.5 cm³/mol. The summed E-state index contributed by atoms with van der Waals surface area (Å²) in [5.41, 5.74) is 1.18. The number of rotatable bonds is 3. The molecule has 1 saturated heterocycles. The van der Waals surface area contributed by atoms with Crippen molar-refractivity contribution < 1.29 is 8.42 Å². The smallest absolute Gasteiger partial charge is 0.211 e. The molecule has 1 fully saturated rings. The Balaban J connectivity index is 1.96. The summed E-state index contributed by atoms with van der Waals surface area (Å²) in [6.45, 7) is 1.30. The number of pyridine rings is 1. The van der Waals surface area contributed by atoms with Crippen LogP contribution in [0.1, 0.15) is 12.0 Å². The highest BCUT2D eigenvalue weighted by Crippen LogP contribution is 2.22. The Morgan fingerprint density at radius 2 is 2.38 bits per heavy atom. The van der Waals surface area contributed by atoms with Crippen LogP contribution in [0.2, 0.25) is 0 Å². The van der Waals surface area contributed by atoms with Crippen molar-refractivity contribution in [3.05, 3.63) is 30.1 Å². The van der Waals surface area contributed by atoms with Crippen LogP contribution in [0.5, 0.6) is 0 Å². The Bertz CT molecular complexity index is 444. The number of sulfonamides is 1. The largest absolute Gasteiger partial charge is 0.264 e. The van der Waals surface area contributed by atoms with Gasteiger partial charge in [0.2, 0.25) is 10.0 Å². The minimum Gasteiger partial charge on any atom is -0.264 e. The molecule has 2 rings (SSSR count).